The molecular formula is C15H18FN5O2. The number of hydrogen-bond acceptors (Lipinski definition) is 4. The summed E-state index contributed by atoms with van der Waals surface area (Å²) < 4.78 is 14.7. The van der Waals surface area contributed by atoms with Gasteiger partial charge in [-0.1, -0.05) is 6.58 Å². The van der Waals surface area contributed by atoms with E-state index in [1.165, 1.54) is 9.58 Å². The molecule has 7 nitrogen and oxygen atoms in total. The minimum absolute atomic E-state index is 0.111. The van der Waals surface area contributed by atoms with Gasteiger partial charge < -0.3 is 16.0 Å². The molecule has 1 aliphatic rings. The van der Waals surface area contributed by atoms with Crippen molar-refractivity contribution >= 4 is 17.6 Å². The van der Waals surface area contributed by atoms with Gasteiger partial charge in [0.15, 0.2) is 0 Å². The van der Waals surface area contributed by atoms with Gasteiger partial charge >= 0.3 is 0 Å². The highest BCUT2D eigenvalue weighted by atomic mass is 19.1. The van der Waals surface area contributed by atoms with Crippen molar-refractivity contribution in [3.63, 3.8) is 0 Å². The van der Waals surface area contributed by atoms with Gasteiger partial charge in [-0.05, 0) is 18.4 Å². The molecule has 0 aromatic carbocycles. The Morgan fingerprint density at radius 1 is 1.65 bits per heavy atom. The zero-order chi connectivity index (χ0) is 17.1. The highest BCUT2D eigenvalue weighted by molar-refractivity contribution is 6.00. The molecule has 3 N–H and O–H groups in total. The molecule has 1 aromatic rings. The third kappa shape index (κ3) is 2.77. The highest BCUT2D eigenvalue weighted by Crippen LogP contribution is 2.32. The van der Waals surface area contributed by atoms with Crippen molar-refractivity contribution in [3.05, 3.63) is 23.9 Å². The number of terminal acetylenes is 1. The summed E-state index contributed by atoms with van der Waals surface area (Å²) in [7, 11) is 1.61. The van der Waals surface area contributed by atoms with Crippen LogP contribution in [-0.4, -0.2) is 52.8 Å². The topological polar surface area (TPSA) is 93.2 Å². The lowest BCUT2D eigenvalue weighted by Crippen LogP contribution is -2.35. The Hall–Kier alpha value is -2.82. The highest BCUT2D eigenvalue weighted by Gasteiger charge is 2.37. The third-order valence-corrected chi connectivity index (χ3v) is 3.90. The predicted octanol–water partition coefficient (Wildman–Crippen LogP) is 0.302. The second-order valence-electron chi connectivity index (χ2n) is 5.17. The van der Waals surface area contributed by atoms with Gasteiger partial charge in [-0.3, -0.25) is 9.59 Å². The average Bonchev–Trinajstić information content (AvgIpc) is 3.14. The Labute approximate surface area is 133 Å². The first-order valence-electron chi connectivity index (χ1n) is 7.04. The Morgan fingerprint density at radius 2 is 2.35 bits per heavy atom. The first-order valence-corrected chi connectivity index (χ1v) is 7.04. The molecule has 2 heterocycles. The maximum atomic E-state index is 13.2. The number of likely N-dealkylation sites (tertiary alicyclic amines) is 1. The van der Waals surface area contributed by atoms with E-state index in [1.54, 1.807) is 7.05 Å². The van der Waals surface area contributed by atoms with Crippen molar-refractivity contribution < 1.29 is 14.0 Å². The molecule has 8 heteroatoms. The number of primary amides is 1. The molecule has 0 unspecified atom stereocenters. The molecule has 0 saturated carbocycles. The van der Waals surface area contributed by atoms with E-state index >= 15 is 0 Å². The van der Waals surface area contributed by atoms with E-state index in [0.29, 0.717) is 12.2 Å². The first-order chi connectivity index (χ1) is 11.0. The number of rotatable bonds is 5. The number of nitrogens with two attached hydrogens (primary N) is 1. The smallest absolute Gasteiger partial charge is 0.255 e. The largest absolute Gasteiger partial charge is 0.373 e. The minimum Gasteiger partial charge on any atom is -0.373 e. The van der Waals surface area contributed by atoms with Crippen LogP contribution in [-0.2, 0) is 4.79 Å². The van der Waals surface area contributed by atoms with Gasteiger partial charge in [0, 0.05) is 13.6 Å². The standard InChI is InChI=1S/C15H18FN5O2/c1-4-11-13(14(17)23)15(18-3)21(19-11)10-6-9(7-16)20(8-10)12(22)5-2/h1,5,9-10,18H,2,6-8H2,3H3,(H2,17,23)/t9-,10-/m0/s1. The maximum absolute atomic E-state index is 13.2. The Morgan fingerprint density at radius 3 is 2.83 bits per heavy atom. The molecule has 1 fully saturated rings. The molecule has 2 atom stereocenters. The van der Waals surface area contributed by atoms with Crippen LogP contribution in [0.4, 0.5) is 10.2 Å². The van der Waals surface area contributed by atoms with Gasteiger partial charge in [0.25, 0.3) is 5.91 Å². The lowest BCUT2D eigenvalue weighted by Gasteiger charge is -2.20. The molecule has 1 aromatic heterocycles. The second-order valence-corrected chi connectivity index (χ2v) is 5.17. The monoisotopic (exact) mass is 319 g/mol. The van der Waals surface area contributed by atoms with E-state index in [4.69, 9.17) is 12.2 Å². The number of carbonyl (C=O) groups excluding carboxylic acids is 2. The van der Waals surface area contributed by atoms with Crippen LogP contribution in [0.5, 0.6) is 0 Å². The van der Waals surface area contributed by atoms with Gasteiger partial charge in [0.2, 0.25) is 5.91 Å². The van der Waals surface area contributed by atoms with E-state index in [2.05, 4.69) is 22.9 Å². The van der Waals surface area contributed by atoms with Crippen LogP contribution in [0.15, 0.2) is 12.7 Å². The molecule has 1 aliphatic heterocycles. The summed E-state index contributed by atoms with van der Waals surface area (Å²) >= 11 is 0. The number of nitrogens with one attached hydrogen (secondary N) is 1. The number of halogens is 1. The fourth-order valence-electron chi connectivity index (χ4n) is 2.88. The first kappa shape index (κ1) is 16.5. The van der Waals surface area contributed by atoms with Crippen LogP contribution >= 0.6 is 0 Å². The number of aromatic nitrogens is 2. The third-order valence-electron chi connectivity index (χ3n) is 3.90. The fourth-order valence-corrected chi connectivity index (χ4v) is 2.88. The van der Waals surface area contributed by atoms with Gasteiger partial charge in [0.05, 0.1) is 12.1 Å². The molecule has 2 amide bonds. The van der Waals surface area contributed by atoms with E-state index in [-0.39, 0.29) is 29.8 Å². The lowest BCUT2D eigenvalue weighted by molar-refractivity contribution is -0.127. The zero-order valence-corrected chi connectivity index (χ0v) is 12.8. The SMILES string of the molecule is C#Cc1nn([C@H]2C[C@@H](CF)N(C(=O)C=C)C2)c(NC)c1C(N)=O. The van der Waals surface area contributed by atoms with Crippen molar-refractivity contribution in [1.82, 2.24) is 14.7 Å². The number of hydrogen-bond donors (Lipinski definition) is 2. The molecule has 0 spiro atoms. The van der Waals surface area contributed by atoms with Crippen LogP contribution in [0.25, 0.3) is 0 Å². The number of carbonyl (C=O) groups is 2. The predicted molar refractivity (Wildman–Crippen MR) is 83.6 cm³/mol. The summed E-state index contributed by atoms with van der Waals surface area (Å²) in [5.74, 6) is 1.64. The number of anilines is 1. The Bertz CT molecular complexity index is 691. The summed E-state index contributed by atoms with van der Waals surface area (Å²) in [6, 6.07) is -0.881. The Balaban J connectivity index is 2.43. The molecule has 0 radical (unpaired) electrons. The van der Waals surface area contributed by atoms with Crippen molar-refractivity contribution in [3.8, 4) is 12.3 Å². The molecular weight excluding hydrogens is 301 g/mol. The van der Waals surface area contributed by atoms with Crippen molar-refractivity contribution in [2.24, 2.45) is 5.73 Å². The quantitative estimate of drug-likeness (QED) is 0.603. The number of nitrogens with zero attached hydrogens (tertiary/aromatic N) is 3. The molecule has 23 heavy (non-hydrogen) atoms. The average molecular weight is 319 g/mol. The summed E-state index contributed by atoms with van der Waals surface area (Å²) in [5.41, 5.74) is 5.59. The summed E-state index contributed by atoms with van der Waals surface area (Å²) in [6.07, 6.45) is 6.88. The molecule has 2 rings (SSSR count). The van der Waals surface area contributed by atoms with Gasteiger partial charge in [-0.25, -0.2) is 9.07 Å². The molecule has 0 bridgehead atoms. The second kappa shape index (κ2) is 6.52. The number of amides is 2. The summed E-state index contributed by atoms with van der Waals surface area (Å²) in [4.78, 5) is 24.9. The van der Waals surface area contributed by atoms with Gasteiger partial charge in [0.1, 0.15) is 23.7 Å². The molecule has 122 valence electrons. The normalized spacial score (nSPS) is 20.1. The van der Waals surface area contributed by atoms with Crippen molar-refractivity contribution in [2.75, 3.05) is 25.6 Å². The van der Waals surface area contributed by atoms with Crippen LogP contribution in [0, 0.1) is 12.3 Å². The van der Waals surface area contributed by atoms with Gasteiger partial charge in [-0.2, -0.15) is 5.10 Å². The zero-order valence-electron chi connectivity index (χ0n) is 12.8. The fraction of sp³-hybridized carbons (Fsp3) is 0.400. The molecule has 1 saturated heterocycles. The van der Waals surface area contributed by atoms with Crippen molar-refractivity contribution in [1.29, 1.82) is 0 Å². The van der Waals surface area contributed by atoms with E-state index < -0.39 is 18.6 Å². The maximum Gasteiger partial charge on any atom is 0.255 e. The molecule has 0 aliphatic carbocycles. The lowest BCUT2D eigenvalue weighted by atomic mass is 10.2. The van der Waals surface area contributed by atoms with Crippen LogP contribution in [0.2, 0.25) is 0 Å². The summed E-state index contributed by atoms with van der Waals surface area (Å²) in [6.45, 7) is 3.00. The van der Waals surface area contributed by atoms with Gasteiger partial charge in [-0.15, -0.1) is 6.42 Å². The van der Waals surface area contributed by atoms with Crippen molar-refractivity contribution in [2.45, 2.75) is 18.5 Å². The summed E-state index contributed by atoms with van der Waals surface area (Å²) in [5, 5.41) is 7.08. The Kier molecular flexibility index (Phi) is 4.69. The van der Waals surface area contributed by atoms with Crippen LogP contribution in [0.1, 0.15) is 28.5 Å². The van der Waals surface area contributed by atoms with Crippen LogP contribution in [0.3, 0.4) is 0 Å². The van der Waals surface area contributed by atoms with E-state index in [1.807, 2.05) is 0 Å². The van der Waals surface area contributed by atoms with E-state index in [9.17, 15) is 14.0 Å². The van der Waals surface area contributed by atoms with E-state index in [0.717, 1.165) is 6.08 Å². The minimum atomic E-state index is -0.701. The number of alkyl halides is 1. The van der Waals surface area contributed by atoms with Crippen LogP contribution < -0.4 is 11.1 Å².